The SMILES string of the molecule is CCCC1C(=O)N(C(C)C(C(N)=O)c2ccc(Cl)cc2Cl)CCN1C(=O)C(Cc1ccc(F)cc1)NC(=O)C1(N)CC1. The second kappa shape index (κ2) is 13.0. The third-order valence-corrected chi connectivity index (χ3v) is 8.71. The van der Waals surface area contributed by atoms with Crippen LogP contribution in [0.15, 0.2) is 42.5 Å². The van der Waals surface area contributed by atoms with Crippen molar-refractivity contribution in [2.75, 3.05) is 13.1 Å². The third-order valence-electron chi connectivity index (χ3n) is 8.15. The lowest BCUT2D eigenvalue weighted by atomic mass is 9.89. The van der Waals surface area contributed by atoms with Crippen LogP contribution in [0.4, 0.5) is 4.39 Å². The summed E-state index contributed by atoms with van der Waals surface area (Å²) in [6.45, 7) is 3.94. The Bertz CT molecular complexity index is 1350. The molecule has 4 amide bonds. The van der Waals surface area contributed by atoms with Gasteiger partial charge in [-0.1, -0.05) is 54.7 Å². The third kappa shape index (κ3) is 6.88. The molecule has 0 radical (unpaired) electrons. The number of nitrogens with zero attached hydrogens (tertiary/aromatic N) is 2. The molecule has 1 aliphatic heterocycles. The topological polar surface area (TPSA) is 139 Å². The highest BCUT2D eigenvalue weighted by molar-refractivity contribution is 6.35. The molecular formula is C30H36Cl2FN5O4. The van der Waals surface area contributed by atoms with E-state index in [9.17, 15) is 23.6 Å². The van der Waals surface area contributed by atoms with Gasteiger partial charge in [0, 0.05) is 35.6 Å². The van der Waals surface area contributed by atoms with Gasteiger partial charge < -0.3 is 26.6 Å². The zero-order valence-electron chi connectivity index (χ0n) is 23.6. The van der Waals surface area contributed by atoms with Gasteiger partial charge in [0.25, 0.3) is 0 Å². The first-order valence-electron chi connectivity index (χ1n) is 14.1. The molecule has 2 fully saturated rings. The summed E-state index contributed by atoms with van der Waals surface area (Å²) >= 11 is 12.4. The summed E-state index contributed by atoms with van der Waals surface area (Å²) in [6, 6.07) is 7.93. The van der Waals surface area contributed by atoms with Crippen LogP contribution in [0.1, 0.15) is 56.6 Å². The largest absolute Gasteiger partial charge is 0.369 e. The Morgan fingerprint density at radius 1 is 1.12 bits per heavy atom. The van der Waals surface area contributed by atoms with E-state index in [0.29, 0.717) is 41.8 Å². The maximum Gasteiger partial charge on any atom is 0.246 e. The molecule has 1 saturated carbocycles. The van der Waals surface area contributed by atoms with Gasteiger partial charge in [-0.25, -0.2) is 4.39 Å². The van der Waals surface area contributed by atoms with Crippen molar-refractivity contribution in [2.45, 2.75) is 75.5 Å². The predicted octanol–water partition coefficient (Wildman–Crippen LogP) is 3.15. The minimum absolute atomic E-state index is 0.101. The molecule has 1 heterocycles. The molecule has 2 aromatic rings. The number of carbonyl (C=O) groups excluding carboxylic acids is 4. The highest BCUT2D eigenvalue weighted by Gasteiger charge is 2.48. The Morgan fingerprint density at radius 2 is 1.79 bits per heavy atom. The maximum absolute atomic E-state index is 14.0. The fourth-order valence-electron chi connectivity index (χ4n) is 5.53. The van der Waals surface area contributed by atoms with Gasteiger partial charge in [0.2, 0.25) is 23.6 Å². The van der Waals surface area contributed by atoms with Gasteiger partial charge in [-0.3, -0.25) is 19.2 Å². The molecule has 4 unspecified atom stereocenters. The van der Waals surface area contributed by atoms with E-state index in [-0.39, 0.29) is 30.4 Å². The molecule has 4 rings (SSSR count). The van der Waals surface area contributed by atoms with Crippen LogP contribution in [0.5, 0.6) is 0 Å². The molecule has 0 bridgehead atoms. The van der Waals surface area contributed by atoms with Crippen molar-refractivity contribution in [3.63, 3.8) is 0 Å². The zero-order chi connectivity index (χ0) is 30.8. The number of primary amides is 1. The first-order valence-corrected chi connectivity index (χ1v) is 14.8. The second-order valence-corrected chi connectivity index (χ2v) is 12.0. The van der Waals surface area contributed by atoms with Crippen molar-refractivity contribution in [3.05, 3.63) is 69.5 Å². The van der Waals surface area contributed by atoms with Gasteiger partial charge in [0.15, 0.2) is 0 Å². The molecule has 12 heteroatoms. The van der Waals surface area contributed by atoms with E-state index in [1.54, 1.807) is 36.1 Å². The Hall–Kier alpha value is -3.21. The number of benzene rings is 2. The van der Waals surface area contributed by atoms with Crippen LogP contribution >= 0.6 is 23.2 Å². The first kappa shape index (κ1) is 31.7. The van der Waals surface area contributed by atoms with Crippen LogP contribution in [-0.4, -0.2) is 70.2 Å². The quantitative estimate of drug-likeness (QED) is 0.355. The van der Waals surface area contributed by atoms with Crippen LogP contribution in [0.2, 0.25) is 10.0 Å². The predicted molar refractivity (Wildman–Crippen MR) is 158 cm³/mol. The van der Waals surface area contributed by atoms with Gasteiger partial charge in [-0.2, -0.15) is 0 Å². The van der Waals surface area contributed by atoms with E-state index < -0.39 is 53.1 Å². The molecule has 226 valence electrons. The molecule has 1 saturated heterocycles. The van der Waals surface area contributed by atoms with Gasteiger partial charge in [-0.15, -0.1) is 0 Å². The summed E-state index contributed by atoms with van der Waals surface area (Å²) in [7, 11) is 0. The average Bonchev–Trinajstić information content (AvgIpc) is 3.70. The van der Waals surface area contributed by atoms with Crippen molar-refractivity contribution >= 4 is 46.8 Å². The summed E-state index contributed by atoms with van der Waals surface area (Å²) < 4.78 is 13.5. The number of amides is 4. The molecule has 5 N–H and O–H groups in total. The molecule has 2 aliphatic rings. The second-order valence-electron chi connectivity index (χ2n) is 11.2. The first-order chi connectivity index (χ1) is 19.9. The lowest BCUT2D eigenvalue weighted by Crippen LogP contribution is -2.65. The molecule has 4 atom stereocenters. The lowest BCUT2D eigenvalue weighted by molar-refractivity contribution is -0.155. The van der Waals surface area contributed by atoms with E-state index in [1.807, 2.05) is 6.92 Å². The average molecular weight is 621 g/mol. The number of nitrogens with two attached hydrogens (primary N) is 2. The van der Waals surface area contributed by atoms with E-state index in [2.05, 4.69) is 5.32 Å². The molecule has 42 heavy (non-hydrogen) atoms. The van der Waals surface area contributed by atoms with Crippen molar-refractivity contribution in [1.82, 2.24) is 15.1 Å². The smallest absolute Gasteiger partial charge is 0.246 e. The highest BCUT2D eigenvalue weighted by atomic mass is 35.5. The van der Waals surface area contributed by atoms with Gasteiger partial charge in [0.05, 0.1) is 11.5 Å². The van der Waals surface area contributed by atoms with Crippen molar-refractivity contribution in [1.29, 1.82) is 0 Å². The fraction of sp³-hybridized carbons (Fsp3) is 0.467. The number of hydrogen-bond acceptors (Lipinski definition) is 5. The number of nitrogens with one attached hydrogen (secondary N) is 1. The van der Waals surface area contributed by atoms with Crippen molar-refractivity contribution in [2.24, 2.45) is 11.5 Å². The monoisotopic (exact) mass is 619 g/mol. The van der Waals surface area contributed by atoms with Gasteiger partial charge >= 0.3 is 0 Å². The Labute approximate surface area is 254 Å². The standard InChI is InChI=1S/C30H36Cl2FN5O4/c1-3-4-24-28(41)37(17(2)25(26(34)39)21-10-7-19(31)16-22(21)32)13-14-38(24)27(40)23(36-29(42)30(35)11-12-30)15-18-5-8-20(33)9-6-18/h5-10,16-17,23-25H,3-4,11-15,35H2,1-2H3,(H2,34,39)(H,36,42). The molecule has 2 aromatic carbocycles. The molecule has 0 aromatic heterocycles. The highest BCUT2D eigenvalue weighted by Crippen LogP contribution is 2.34. The van der Waals surface area contributed by atoms with E-state index >= 15 is 0 Å². The normalized spacial score (nSPS) is 20.0. The summed E-state index contributed by atoms with van der Waals surface area (Å²) in [6.07, 6.45) is 2.11. The summed E-state index contributed by atoms with van der Waals surface area (Å²) in [5.74, 6) is -3.17. The van der Waals surface area contributed by atoms with Crippen molar-refractivity contribution in [3.8, 4) is 0 Å². The van der Waals surface area contributed by atoms with Crippen LogP contribution < -0.4 is 16.8 Å². The van der Waals surface area contributed by atoms with Crippen LogP contribution in [0.25, 0.3) is 0 Å². The van der Waals surface area contributed by atoms with Gasteiger partial charge in [-0.05, 0) is 61.6 Å². The van der Waals surface area contributed by atoms with Crippen LogP contribution in [-0.2, 0) is 25.6 Å². The van der Waals surface area contributed by atoms with E-state index in [1.165, 1.54) is 23.1 Å². The number of rotatable bonds is 11. The number of halogens is 3. The summed E-state index contributed by atoms with van der Waals surface area (Å²) in [5, 5.41) is 3.46. The maximum atomic E-state index is 14.0. The molecule has 1 aliphatic carbocycles. The lowest BCUT2D eigenvalue weighted by Gasteiger charge is -2.45. The molecular weight excluding hydrogens is 584 g/mol. The van der Waals surface area contributed by atoms with E-state index in [4.69, 9.17) is 34.7 Å². The van der Waals surface area contributed by atoms with Crippen LogP contribution in [0.3, 0.4) is 0 Å². The van der Waals surface area contributed by atoms with Gasteiger partial charge in [0.1, 0.15) is 17.9 Å². The summed E-state index contributed by atoms with van der Waals surface area (Å²) in [4.78, 5) is 56.6. The van der Waals surface area contributed by atoms with Crippen LogP contribution in [0, 0.1) is 5.82 Å². The van der Waals surface area contributed by atoms with Crippen molar-refractivity contribution < 1.29 is 23.6 Å². The number of carbonyl (C=O) groups is 4. The fourth-order valence-corrected chi connectivity index (χ4v) is 6.06. The molecule has 9 nitrogen and oxygen atoms in total. The minimum atomic E-state index is -1.01. The summed E-state index contributed by atoms with van der Waals surface area (Å²) in [5.41, 5.74) is 12.0. The Balaban J connectivity index is 1.59. The molecule has 0 spiro atoms. The zero-order valence-corrected chi connectivity index (χ0v) is 25.1. The number of hydrogen-bond donors (Lipinski definition) is 3. The number of piperazine rings is 1. The minimum Gasteiger partial charge on any atom is -0.369 e. The Morgan fingerprint density at radius 3 is 2.36 bits per heavy atom. The van der Waals surface area contributed by atoms with E-state index in [0.717, 1.165) is 0 Å². The Kier molecular flexibility index (Phi) is 9.80.